The van der Waals surface area contributed by atoms with E-state index < -0.39 is 0 Å². The number of rotatable bonds is 7. The molecule has 0 saturated carbocycles. The van der Waals surface area contributed by atoms with E-state index in [2.05, 4.69) is 15.2 Å². The summed E-state index contributed by atoms with van der Waals surface area (Å²) < 4.78 is 16.2. The second kappa shape index (κ2) is 8.66. The highest BCUT2D eigenvalue weighted by molar-refractivity contribution is 7.13. The fourth-order valence-corrected chi connectivity index (χ4v) is 3.57. The van der Waals surface area contributed by atoms with E-state index in [0.717, 1.165) is 21.9 Å². The van der Waals surface area contributed by atoms with E-state index in [1.807, 2.05) is 36.6 Å². The fraction of sp³-hybridized carbons (Fsp3) is 0.143. The van der Waals surface area contributed by atoms with Gasteiger partial charge in [0.15, 0.2) is 0 Å². The lowest BCUT2D eigenvalue weighted by Gasteiger charge is -2.07. The van der Waals surface area contributed by atoms with E-state index in [-0.39, 0.29) is 12.4 Å². The van der Waals surface area contributed by atoms with Crippen molar-refractivity contribution in [1.29, 1.82) is 0 Å². The Morgan fingerprint density at radius 1 is 1.14 bits per heavy atom. The highest BCUT2D eigenvalue weighted by Crippen LogP contribution is 2.32. The highest BCUT2D eigenvalue weighted by atomic mass is 32.1. The van der Waals surface area contributed by atoms with Crippen molar-refractivity contribution in [3.63, 3.8) is 0 Å². The van der Waals surface area contributed by atoms with Crippen LogP contribution in [0.3, 0.4) is 0 Å². The predicted octanol–water partition coefficient (Wildman–Crippen LogP) is 4.41. The van der Waals surface area contributed by atoms with Gasteiger partial charge in [0.2, 0.25) is 12.3 Å². The Morgan fingerprint density at radius 2 is 1.97 bits per heavy atom. The van der Waals surface area contributed by atoms with Crippen LogP contribution in [-0.2, 0) is 11.2 Å². The maximum absolute atomic E-state index is 12.3. The summed E-state index contributed by atoms with van der Waals surface area (Å²) in [5, 5.41) is 10.1. The van der Waals surface area contributed by atoms with E-state index >= 15 is 0 Å². The number of nitrogens with zero attached hydrogens (tertiary/aromatic N) is 3. The Hall–Kier alpha value is -3.52. The number of carbonyl (C=O) groups excluding carboxylic acids is 1. The number of hydrogen-bond acceptors (Lipinski definition) is 8. The average molecular weight is 407 g/mol. The standard InChI is InChI=1S/C21H17N3O4S/c1-2-26-18-6-4-3-5-17(18)21-23-15(12-29-21)11-19(25)28-16-9-7-14(8-10-16)20-24-22-13-27-20/h3-10,12-13H,2,11H2,1H3. The molecule has 0 spiro atoms. The second-order valence-corrected chi connectivity index (χ2v) is 6.85. The zero-order valence-electron chi connectivity index (χ0n) is 15.6. The molecule has 0 radical (unpaired) electrons. The minimum Gasteiger partial charge on any atom is -0.493 e. The number of aromatic nitrogens is 3. The number of ether oxygens (including phenoxy) is 2. The molecule has 0 bridgehead atoms. The highest BCUT2D eigenvalue weighted by Gasteiger charge is 2.14. The third-order valence-corrected chi connectivity index (χ3v) is 4.91. The fourth-order valence-electron chi connectivity index (χ4n) is 2.72. The first-order valence-corrected chi connectivity index (χ1v) is 9.85. The van der Waals surface area contributed by atoms with E-state index in [1.165, 1.54) is 17.7 Å². The molecule has 8 heteroatoms. The molecular weight excluding hydrogens is 390 g/mol. The molecule has 29 heavy (non-hydrogen) atoms. The molecule has 2 aromatic carbocycles. The van der Waals surface area contributed by atoms with Crippen LogP contribution < -0.4 is 9.47 Å². The van der Waals surface area contributed by atoms with E-state index in [9.17, 15) is 4.79 Å². The van der Waals surface area contributed by atoms with Gasteiger partial charge in [0.05, 0.1) is 24.3 Å². The Labute approximate surface area is 171 Å². The molecule has 146 valence electrons. The quantitative estimate of drug-likeness (QED) is 0.331. The van der Waals surface area contributed by atoms with Crippen LogP contribution in [0.1, 0.15) is 12.6 Å². The molecule has 2 heterocycles. The van der Waals surface area contributed by atoms with Crippen LogP contribution >= 0.6 is 11.3 Å². The van der Waals surface area contributed by atoms with Crippen LogP contribution in [0.15, 0.2) is 64.7 Å². The zero-order valence-corrected chi connectivity index (χ0v) is 16.4. The zero-order chi connectivity index (χ0) is 20.1. The minimum absolute atomic E-state index is 0.0821. The molecule has 4 rings (SSSR count). The molecule has 0 aliphatic heterocycles. The SMILES string of the molecule is CCOc1ccccc1-c1nc(CC(=O)Oc2ccc(-c3nnco3)cc2)cs1. The van der Waals surface area contributed by atoms with Crippen molar-refractivity contribution < 1.29 is 18.7 Å². The maximum atomic E-state index is 12.3. The topological polar surface area (TPSA) is 87.3 Å². The van der Waals surface area contributed by atoms with E-state index in [1.54, 1.807) is 24.3 Å². The predicted molar refractivity (Wildman–Crippen MR) is 108 cm³/mol. The summed E-state index contributed by atoms with van der Waals surface area (Å²) in [6, 6.07) is 14.6. The Kier molecular flexibility index (Phi) is 5.62. The number of benzene rings is 2. The van der Waals surface area contributed by atoms with Gasteiger partial charge in [-0.15, -0.1) is 21.5 Å². The molecule has 0 atom stereocenters. The first kappa shape index (κ1) is 18.8. The largest absolute Gasteiger partial charge is 0.493 e. The van der Waals surface area contributed by atoms with Gasteiger partial charge in [0.1, 0.15) is 16.5 Å². The van der Waals surface area contributed by atoms with Crippen molar-refractivity contribution >= 4 is 17.3 Å². The van der Waals surface area contributed by atoms with Crippen molar-refractivity contribution in [2.45, 2.75) is 13.3 Å². The summed E-state index contributed by atoms with van der Waals surface area (Å²) >= 11 is 1.47. The van der Waals surface area contributed by atoms with Gasteiger partial charge < -0.3 is 13.9 Å². The van der Waals surface area contributed by atoms with Gasteiger partial charge >= 0.3 is 5.97 Å². The molecule has 0 N–H and O–H groups in total. The summed E-state index contributed by atoms with van der Waals surface area (Å²) in [6.45, 7) is 2.52. The van der Waals surface area contributed by atoms with Crippen LogP contribution in [0.2, 0.25) is 0 Å². The number of para-hydroxylation sites is 1. The lowest BCUT2D eigenvalue weighted by atomic mass is 10.2. The van der Waals surface area contributed by atoms with Crippen LogP contribution in [-0.4, -0.2) is 27.8 Å². The monoisotopic (exact) mass is 407 g/mol. The van der Waals surface area contributed by atoms with Gasteiger partial charge in [0, 0.05) is 10.9 Å². The number of carbonyl (C=O) groups is 1. The number of hydrogen-bond donors (Lipinski definition) is 0. The van der Waals surface area contributed by atoms with Gasteiger partial charge in [-0.1, -0.05) is 12.1 Å². The molecule has 0 unspecified atom stereocenters. The molecule has 0 fully saturated rings. The molecular formula is C21H17N3O4S. The minimum atomic E-state index is -0.384. The van der Waals surface area contributed by atoms with Gasteiger partial charge in [-0.3, -0.25) is 4.79 Å². The Morgan fingerprint density at radius 3 is 2.72 bits per heavy atom. The van der Waals surface area contributed by atoms with Gasteiger partial charge in [0.25, 0.3) is 0 Å². The molecule has 0 amide bonds. The molecule has 0 aliphatic rings. The first-order chi connectivity index (χ1) is 14.2. The molecule has 0 saturated heterocycles. The summed E-state index contributed by atoms with van der Waals surface area (Å²) in [5.74, 6) is 1.24. The van der Waals surface area contributed by atoms with Crippen LogP contribution in [0.4, 0.5) is 0 Å². The summed E-state index contributed by atoms with van der Waals surface area (Å²) in [7, 11) is 0. The van der Waals surface area contributed by atoms with Crippen molar-refractivity contribution in [1.82, 2.24) is 15.2 Å². The summed E-state index contributed by atoms with van der Waals surface area (Å²) in [4.78, 5) is 16.9. The lowest BCUT2D eigenvalue weighted by Crippen LogP contribution is -2.11. The van der Waals surface area contributed by atoms with Crippen molar-refractivity contribution in [3.8, 4) is 33.5 Å². The summed E-state index contributed by atoms with van der Waals surface area (Å²) in [6.07, 6.45) is 1.34. The Balaban J connectivity index is 1.41. The van der Waals surface area contributed by atoms with Crippen LogP contribution in [0.5, 0.6) is 11.5 Å². The first-order valence-electron chi connectivity index (χ1n) is 8.97. The van der Waals surface area contributed by atoms with Crippen LogP contribution in [0, 0.1) is 0 Å². The van der Waals surface area contributed by atoms with Gasteiger partial charge in [-0.2, -0.15) is 0 Å². The van der Waals surface area contributed by atoms with E-state index in [4.69, 9.17) is 13.9 Å². The molecule has 7 nitrogen and oxygen atoms in total. The second-order valence-electron chi connectivity index (χ2n) is 5.99. The third-order valence-electron chi connectivity index (χ3n) is 3.99. The van der Waals surface area contributed by atoms with Gasteiger partial charge in [-0.25, -0.2) is 4.98 Å². The molecule has 2 aromatic heterocycles. The van der Waals surface area contributed by atoms with Gasteiger partial charge in [-0.05, 0) is 43.3 Å². The average Bonchev–Trinajstić information content (AvgIpc) is 3.42. The maximum Gasteiger partial charge on any atom is 0.317 e. The number of thiazole rings is 1. The Bertz CT molecular complexity index is 1090. The third kappa shape index (κ3) is 4.49. The molecule has 0 aliphatic carbocycles. The van der Waals surface area contributed by atoms with E-state index in [0.29, 0.717) is 23.9 Å². The normalized spacial score (nSPS) is 10.7. The van der Waals surface area contributed by atoms with Crippen LogP contribution in [0.25, 0.3) is 22.0 Å². The molecule has 4 aromatic rings. The lowest BCUT2D eigenvalue weighted by molar-refractivity contribution is -0.133. The van der Waals surface area contributed by atoms with Crippen molar-refractivity contribution in [3.05, 3.63) is 66.0 Å². The van der Waals surface area contributed by atoms with Crippen molar-refractivity contribution in [2.75, 3.05) is 6.61 Å². The van der Waals surface area contributed by atoms with Crippen molar-refractivity contribution in [2.24, 2.45) is 0 Å². The summed E-state index contributed by atoms with van der Waals surface area (Å²) in [5.41, 5.74) is 2.32. The smallest absolute Gasteiger partial charge is 0.317 e. The number of esters is 1.